The lowest BCUT2D eigenvalue weighted by molar-refractivity contribution is 0.176. The van der Waals surface area contributed by atoms with Crippen LogP contribution in [0.15, 0.2) is 4.52 Å². The molecule has 0 aromatic carbocycles. The molecule has 1 aliphatic heterocycles. The Morgan fingerprint density at radius 2 is 2.38 bits per heavy atom. The maximum atomic E-state index is 5.70. The van der Waals surface area contributed by atoms with Gasteiger partial charge >= 0.3 is 0 Å². The van der Waals surface area contributed by atoms with Gasteiger partial charge in [0, 0.05) is 12.5 Å². The van der Waals surface area contributed by atoms with Gasteiger partial charge in [0.1, 0.15) is 0 Å². The van der Waals surface area contributed by atoms with Gasteiger partial charge in [0.25, 0.3) is 0 Å². The number of hydrogen-bond donors (Lipinski definition) is 1. The first-order valence-electron chi connectivity index (χ1n) is 5.95. The van der Waals surface area contributed by atoms with Gasteiger partial charge in [-0.3, -0.25) is 4.90 Å². The summed E-state index contributed by atoms with van der Waals surface area (Å²) in [5, 5.41) is 4.06. The second kappa shape index (κ2) is 4.93. The number of likely N-dealkylation sites (tertiary alicyclic amines) is 1. The summed E-state index contributed by atoms with van der Waals surface area (Å²) >= 11 is 0. The minimum absolute atomic E-state index is 0.0670. The molecule has 0 amide bonds. The van der Waals surface area contributed by atoms with Crippen molar-refractivity contribution < 1.29 is 4.52 Å². The van der Waals surface area contributed by atoms with Crippen LogP contribution < -0.4 is 5.73 Å². The van der Waals surface area contributed by atoms with Gasteiger partial charge in [0.05, 0.1) is 6.04 Å². The van der Waals surface area contributed by atoms with E-state index in [1.54, 1.807) is 0 Å². The largest absolute Gasteiger partial charge is 0.339 e. The Labute approximate surface area is 96.0 Å². The van der Waals surface area contributed by atoms with E-state index in [-0.39, 0.29) is 6.04 Å². The average Bonchev–Trinajstić information content (AvgIpc) is 2.66. The molecule has 2 heterocycles. The van der Waals surface area contributed by atoms with Gasteiger partial charge in [0.15, 0.2) is 5.82 Å². The first kappa shape index (κ1) is 11.5. The first-order valence-corrected chi connectivity index (χ1v) is 5.95. The second-order valence-corrected chi connectivity index (χ2v) is 4.72. The number of nitrogens with zero attached hydrogens (tertiary/aromatic N) is 3. The molecule has 0 bridgehead atoms. The van der Waals surface area contributed by atoms with Gasteiger partial charge < -0.3 is 10.3 Å². The van der Waals surface area contributed by atoms with Crippen LogP contribution in [0.4, 0.5) is 0 Å². The molecule has 2 N–H and O–H groups in total. The predicted octanol–water partition coefficient (Wildman–Crippen LogP) is 1.12. The summed E-state index contributed by atoms with van der Waals surface area (Å²) in [4.78, 5) is 6.72. The topological polar surface area (TPSA) is 68.2 Å². The van der Waals surface area contributed by atoms with Crippen LogP contribution in [0.5, 0.6) is 0 Å². The SMILES string of the molecule is CC(N)Cc1nc(C2CCCCN2C)no1. The minimum atomic E-state index is 0.0670. The van der Waals surface area contributed by atoms with Crippen molar-refractivity contribution in [2.45, 2.75) is 44.7 Å². The van der Waals surface area contributed by atoms with Gasteiger partial charge in [0.2, 0.25) is 5.89 Å². The van der Waals surface area contributed by atoms with Crippen LogP contribution in [0, 0.1) is 0 Å². The normalized spacial score (nSPS) is 24.6. The van der Waals surface area contributed by atoms with Crippen molar-refractivity contribution in [2.75, 3.05) is 13.6 Å². The van der Waals surface area contributed by atoms with Crippen LogP contribution in [0.1, 0.15) is 43.9 Å². The van der Waals surface area contributed by atoms with E-state index in [9.17, 15) is 0 Å². The number of hydrogen-bond acceptors (Lipinski definition) is 5. The average molecular weight is 224 g/mol. The maximum Gasteiger partial charge on any atom is 0.228 e. The fraction of sp³-hybridized carbons (Fsp3) is 0.818. The number of piperidine rings is 1. The van der Waals surface area contributed by atoms with Crippen molar-refractivity contribution in [3.8, 4) is 0 Å². The van der Waals surface area contributed by atoms with E-state index in [0.29, 0.717) is 18.4 Å². The zero-order valence-corrected chi connectivity index (χ0v) is 10.0. The van der Waals surface area contributed by atoms with E-state index >= 15 is 0 Å². The highest BCUT2D eigenvalue weighted by Gasteiger charge is 2.25. The van der Waals surface area contributed by atoms with Gasteiger partial charge in [-0.15, -0.1) is 0 Å². The molecule has 1 aromatic rings. The van der Waals surface area contributed by atoms with Gasteiger partial charge in [-0.1, -0.05) is 11.6 Å². The van der Waals surface area contributed by atoms with Gasteiger partial charge in [-0.2, -0.15) is 4.98 Å². The van der Waals surface area contributed by atoms with Crippen molar-refractivity contribution >= 4 is 0 Å². The monoisotopic (exact) mass is 224 g/mol. The number of rotatable bonds is 3. The molecule has 90 valence electrons. The molecule has 1 aliphatic rings. The van der Waals surface area contributed by atoms with Crippen LogP contribution in [0.3, 0.4) is 0 Å². The summed E-state index contributed by atoms with van der Waals surface area (Å²) in [5.41, 5.74) is 5.70. The Kier molecular flexibility index (Phi) is 3.56. The smallest absolute Gasteiger partial charge is 0.228 e. The van der Waals surface area contributed by atoms with Crippen molar-refractivity contribution in [1.82, 2.24) is 15.0 Å². The fourth-order valence-corrected chi connectivity index (χ4v) is 2.16. The summed E-state index contributed by atoms with van der Waals surface area (Å²) < 4.78 is 5.21. The van der Waals surface area contributed by atoms with E-state index in [2.05, 4.69) is 22.1 Å². The molecule has 16 heavy (non-hydrogen) atoms. The molecule has 1 fully saturated rings. The first-order chi connectivity index (χ1) is 7.66. The molecule has 0 saturated carbocycles. The fourth-order valence-electron chi connectivity index (χ4n) is 2.16. The minimum Gasteiger partial charge on any atom is -0.339 e. The molecule has 5 heteroatoms. The third kappa shape index (κ3) is 2.59. The molecule has 0 spiro atoms. The number of nitrogens with two attached hydrogens (primary N) is 1. The lowest BCUT2D eigenvalue weighted by Gasteiger charge is -2.29. The third-order valence-electron chi connectivity index (χ3n) is 3.05. The van der Waals surface area contributed by atoms with Crippen LogP contribution in [-0.4, -0.2) is 34.7 Å². The molecule has 2 rings (SSSR count). The predicted molar refractivity (Wildman–Crippen MR) is 60.9 cm³/mol. The highest BCUT2D eigenvalue weighted by atomic mass is 16.5. The molecule has 0 aliphatic carbocycles. The van der Waals surface area contributed by atoms with Crippen molar-refractivity contribution in [3.63, 3.8) is 0 Å². The highest BCUT2D eigenvalue weighted by molar-refractivity contribution is 4.97. The van der Waals surface area contributed by atoms with Crippen LogP contribution >= 0.6 is 0 Å². The summed E-state index contributed by atoms with van der Waals surface area (Å²) in [5.74, 6) is 1.47. The molecule has 2 atom stereocenters. The molecular weight excluding hydrogens is 204 g/mol. The summed E-state index contributed by atoms with van der Waals surface area (Å²) in [6.07, 6.45) is 4.28. The van der Waals surface area contributed by atoms with Crippen molar-refractivity contribution in [1.29, 1.82) is 0 Å². The van der Waals surface area contributed by atoms with E-state index < -0.39 is 0 Å². The summed E-state index contributed by atoms with van der Waals surface area (Å²) in [6, 6.07) is 0.386. The van der Waals surface area contributed by atoms with Crippen LogP contribution in [0.25, 0.3) is 0 Å². The van der Waals surface area contributed by atoms with Gasteiger partial charge in [-0.25, -0.2) is 0 Å². The lowest BCUT2D eigenvalue weighted by Crippen LogP contribution is -2.30. The molecule has 1 aromatic heterocycles. The van der Waals surface area contributed by atoms with E-state index in [1.807, 2.05) is 6.92 Å². The second-order valence-electron chi connectivity index (χ2n) is 4.72. The Hall–Kier alpha value is -0.940. The van der Waals surface area contributed by atoms with Crippen LogP contribution in [-0.2, 0) is 6.42 Å². The summed E-state index contributed by atoms with van der Waals surface area (Å²) in [6.45, 7) is 3.05. The quantitative estimate of drug-likeness (QED) is 0.833. The lowest BCUT2D eigenvalue weighted by atomic mass is 10.0. The van der Waals surface area contributed by atoms with Crippen molar-refractivity contribution in [2.24, 2.45) is 5.73 Å². The molecular formula is C11H20N4O. The van der Waals surface area contributed by atoms with E-state index in [0.717, 1.165) is 18.8 Å². The Balaban J connectivity index is 2.05. The zero-order chi connectivity index (χ0) is 11.5. The Morgan fingerprint density at radius 1 is 1.56 bits per heavy atom. The maximum absolute atomic E-state index is 5.70. The molecule has 5 nitrogen and oxygen atoms in total. The Morgan fingerprint density at radius 3 is 3.06 bits per heavy atom. The molecule has 2 unspecified atom stereocenters. The van der Waals surface area contributed by atoms with E-state index in [4.69, 9.17) is 10.3 Å². The van der Waals surface area contributed by atoms with Gasteiger partial charge in [-0.05, 0) is 33.4 Å². The number of aromatic nitrogens is 2. The standard InChI is InChI=1S/C11H20N4O/c1-8(12)7-10-13-11(14-16-10)9-5-3-4-6-15(9)2/h8-9H,3-7,12H2,1-2H3. The highest BCUT2D eigenvalue weighted by Crippen LogP contribution is 2.27. The molecule has 1 saturated heterocycles. The summed E-state index contributed by atoms with van der Waals surface area (Å²) in [7, 11) is 2.12. The molecule has 0 radical (unpaired) electrons. The van der Waals surface area contributed by atoms with E-state index in [1.165, 1.54) is 12.8 Å². The zero-order valence-electron chi connectivity index (χ0n) is 10.0. The third-order valence-corrected chi connectivity index (χ3v) is 3.05. The van der Waals surface area contributed by atoms with Crippen LogP contribution in [0.2, 0.25) is 0 Å². The van der Waals surface area contributed by atoms with Crippen molar-refractivity contribution in [3.05, 3.63) is 11.7 Å². The Bertz CT molecular complexity index is 336.